The summed E-state index contributed by atoms with van der Waals surface area (Å²) in [6.07, 6.45) is 2.45. The summed E-state index contributed by atoms with van der Waals surface area (Å²) in [5.41, 5.74) is 4.40. The first-order chi connectivity index (χ1) is 15.2. The van der Waals surface area contributed by atoms with E-state index in [0.717, 1.165) is 27.6 Å². The Balaban J connectivity index is 1.35. The fourth-order valence-corrected chi connectivity index (χ4v) is 3.46. The Morgan fingerprint density at radius 2 is 1.55 bits per heavy atom. The van der Waals surface area contributed by atoms with E-state index in [1.807, 2.05) is 84.9 Å². The lowest BCUT2D eigenvalue weighted by Gasteiger charge is -2.12. The second kappa shape index (κ2) is 9.67. The van der Waals surface area contributed by atoms with Crippen molar-refractivity contribution < 1.29 is 14.3 Å². The molecule has 0 spiro atoms. The Morgan fingerprint density at radius 3 is 2.42 bits per heavy atom. The lowest BCUT2D eigenvalue weighted by molar-refractivity contribution is -0.146. The van der Waals surface area contributed by atoms with Crippen LogP contribution in [0.4, 0.5) is 5.69 Å². The van der Waals surface area contributed by atoms with Crippen molar-refractivity contribution in [1.29, 1.82) is 0 Å². The Hall–Kier alpha value is -3.99. The number of carbonyl (C=O) groups excluding carboxylic acids is 2. The first-order valence-corrected chi connectivity index (χ1v) is 10.1. The van der Waals surface area contributed by atoms with Gasteiger partial charge in [-0.3, -0.25) is 14.6 Å². The number of ether oxygens (including phenoxy) is 1. The topological polar surface area (TPSA) is 68.3 Å². The second-order valence-corrected chi connectivity index (χ2v) is 7.20. The number of pyridine rings is 1. The highest BCUT2D eigenvalue weighted by atomic mass is 16.5. The lowest BCUT2D eigenvalue weighted by atomic mass is 10.0. The van der Waals surface area contributed by atoms with Crippen LogP contribution < -0.4 is 5.32 Å². The van der Waals surface area contributed by atoms with Gasteiger partial charge in [-0.15, -0.1) is 0 Å². The van der Waals surface area contributed by atoms with Crippen molar-refractivity contribution in [2.24, 2.45) is 0 Å². The van der Waals surface area contributed by atoms with E-state index in [0.29, 0.717) is 12.1 Å². The van der Waals surface area contributed by atoms with Crippen LogP contribution in [0.25, 0.3) is 10.9 Å². The normalized spacial score (nSPS) is 10.6. The number of rotatable bonds is 7. The van der Waals surface area contributed by atoms with Gasteiger partial charge in [0.05, 0.1) is 11.9 Å². The van der Waals surface area contributed by atoms with Gasteiger partial charge in [0.1, 0.15) is 0 Å². The van der Waals surface area contributed by atoms with Crippen LogP contribution in [0.2, 0.25) is 0 Å². The summed E-state index contributed by atoms with van der Waals surface area (Å²) < 4.78 is 5.21. The van der Waals surface area contributed by atoms with Crippen molar-refractivity contribution in [2.75, 3.05) is 11.9 Å². The SMILES string of the molecule is O=C(COC(=O)Cc1cccc2cccnc12)Nc1ccccc1Cc1ccccc1. The van der Waals surface area contributed by atoms with Crippen molar-refractivity contribution in [2.45, 2.75) is 12.8 Å². The predicted molar refractivity (Wildman–Crippen MR) is 121 cm³/mol. The molecule has 0 saturated carbocycles. The molecule has 0 aliphatic heterocycles. The molecule has 0 atom stereocenters. The van der Waals surface area contributed by atoms with E-state index in [9.17, 15) is 9.59 Å². The van der Waals surface area contributed by atoms with Gasteiger partial charge in [-0.05, 0) is 35.2 Å². The minimum atomic E-state index is -0.467. The average Bonchev–Trinajstić information content (AvgIpc) is 2.80. The highest BCUT2D eigenvalue weighted by molar-refractivity contribution is 5.94. The molecule has 0 saturated heterocycles. The number of amides is 1. The van der Waals surface area contributed by atoms with Crippen LogP contribution in [0.3, 0.4) is 0 Å². The monoisotopic (exact) mass is 410 g/mol. The number of carbonyl (C=O) groups is 2. The van der Waals surface area contributed by atoms with Crippen molar-refractivity contribution in [3.05, 3.63) is 108 Å². The van der Waals surface area contributed by atoms with Gasteiger partial charge in [0.25, 0.3) is 5.91 Å². The third kappa shape index (κ3) is 5.34. The summed E-state index contributed by atoms with van der Waals surface area (Å²) in [5, 5.41) is 3.81. The standard InChI is InChI=1S/C26H22N2O3/c29-24(28-23-14-5-4-10-21(23)16-19-8-2-1-3-9-19)18-31-25(30)17-22-12-6-11-20-13-7-15-27-26(20)22/h1-15H,16-18H2,(H,28,29). The van der Waals surface area contributed by atoms with Crippen molar-refractivity contribution >= 4 is 28.5 Å². The van der Waals surface area contributed by atoms with Crippen LogP contribution in [0.5, 0.6) is 0 Å². The van der Waals surface area contributed by atoms with Gasteiger partial charge < -0.3 is 10.1 Å². The Kier molecular flexibility index (Phi) is 6.33. The van der Waals surface area contributed by atoms with Gasteiger partial charge in [0, 0.05) is 17.3 Å². The van der Waals surface area contributed by atoms with E-state index in [2.05, 4.69) is 10.3 Å². The number of anilines is 1. The van der Waals surface area contributed by atoms with Crippen LogP contribution in [-0.2, 0) is 27.2 Å². The molecule has 1 aromatic heterocycles. The molecule has 3 aromatic carbocycles. The fraction of sp³-hybridized carbons (Fsp3) is 0.115. The molecular weight excluding hydrogens is 388 g/mol. The average molecular weight is 410 g/mol. The van der Waals surface area contributed by atoms with Crippen LogP contribution in [0.1, 0.15) is 16.7 Å². The molecule has 0 fully saturated rings. The zero-order valence-corrected chi connectivity index (χ0v) is 17.0. The number of fused-ring (bicyclic) bond motifs is 1. The maximum Gasteiger partial charge on any atom is 0.310 e. The molecule has 4 rings (SSSR count). The molecule has 0 bridgehead atoms. The van der Waals surface area contributed by atoms with Gasteiger partial charge >= 0.3 is 5.97 Å². The Labute approximate surface area is 180 Å². The lowest BCUT2D eigenvalue weighted by Crippen LogP contribution is -2.22. The zero-order valence-electron chi connectivity index (χ0n) is 17.0. The third-order valence-corrected chi connectivity index (χ3v) is 4.94. The highest BCUT2D eigenvalue weighted by Gasteiger charge is 2.12. The van der Waals surface area contributed by atoms with Gasteiger partial charge in [-0.1, -0.05) is 72.8 Å². The van der Waals surface area contributed by atoms with Gasteiger partial charge in [-0.2, -0.15) is 0 Å². The number of para-hydroxylation sites is 2. The zero-order chi connectivity index (χ0) is 21.5. The summed E-state index contributed by atoms with van der Waals surface area (Å²) in [4.78, 5) is 29.0. The Morgan fingerprint density at radius 1 is 0.806 bits per heavy atom. The summed E-state index contributed by atoms with van der Waals surface area (Å²) >= 11 is 0. The number of aromatic nitrogens is 1. The van der Waals surface area contributed by atoms with E-state index in [1.54, 1.807) is 6.20 Å². The van der Waals surface area contributed by atoms with Gasteiger partial charge in [-0.25, -0.2) is 0 Å². The molecule has 5 nitrogen and oxygen atoms in total. The number of esters is 1. The number of benzene rings is 3. The summed E-state index contributed by atoms with van der Waals surface area (Å²) in [7, 11) is 0. The quantitative estimate of drug-likeness (QED) is 0.454. The van der Waals surface area contributed by atoms with E-state index < -0.39 is 5.97 Å². The summed E-state index contributed by atoms with van der Waals surface area (Å²) in [5.74, 6) is -0.837. The molecule has 154 valence electrons. The largest absolute Gasteiger partial charge is 0.455 e. The first kappa shape index (κ1) is 20.3. The minimum Gasteiger partial charge on any atom is -0.455 e. The van der Waals surface area contributed by atoms with E-state index in [4.69, 9.17) is 4.74 Å². The second-order valence-electron chi connectivity index (χ2n) is 7.20. The van der Waals surface area contributed by atoms with E-state index >= 15 is 0 Å². The molecule has 5 heteroatoms. The third-order valence-electron chi connectivity index (χ3n) is 4.94. The molecule has 1 N–H and O–H groups in total. The molecule has 0 unspecified atom stereocenters. The highest BCUT2D eigenvalue weighted by Crippen LogP contribution is 2.19. The predicted octanol–water partition coefficient (Wildman–Crippen LogP) is 4.55. The molecule has 31 heavy (non-hydrogen) atoms. The maximum absolute atomic E-state index is 12.4. The molecule has 0 radical (unpaired) electrons. The number of hydrogen-bond donors (Lipinski definition) is 1. The first-order valence-electron chi connectivity index (χ1n) is 10.1. The van der Waals surface area contributed by atoms with Crippen molar-refractivity contribution in [1.82, 2.24) is 4.98 Å². The van der Waals surface area contributed by atoms with E-state index in [-0.39, 0.29) is 18.9 Å². The fourth-order valence-electron chi connectivity index (χ4n) is 3.46. The minimum absolute atomic E-state index is 0.0617. The maximum atomic E-state index is 12.4. The summed E-state index contributed by atoms with van der Waals surface area (Å²) in [6, 6.07) is 27.1. The molecule has 0 aliphatic rings. The smallest absolute Gasteiger partial charge is 0.310 e. The van der Waals surface area contributed by atoms with Crippen molar-refractivity contribution in [3.8, 4) is 0 Å². The van der Waals surface area contributed by atoms with Crippen molar-refractivity contribution in [3.63, 3.8) is 0 Å². The molecular formula is C26H22N2O3. The molecule has 1 heterocycles. The molecule has 1 amide bonds. The number of nitrogens with zero attached hydrogens (tertiary/aromatic N) is 1. The van der Waals surface area contributed by atoms with Gasteiger partial charge in [0.15, 0.2) is 6.61 Å². The van der Waals surface area contributed by atoms with Crippen LogP contribution in [0.15, 0.2) is 91.1 Å². The molecule has 0 aliphatic carbocycles. The van der Waals surface area contributed by atoms with Crippen LogP contribution >= 0.6 is 0 Å². The van der Waals surface area contributed by atoms with Gasteiger partial charge in [0.2, 0.25) is 0 Å². The number of hydrogen-bond acceptors (Lipinski definition) is 4. The van der Waals surface area contributed by atoms with Crippen LogP contribution in [0, 0.1) is 0 Å². The summed E-state index contributed by atoms with van der Waals surface area (Å²) in [6.45, 7) is -0.337. The van der Waals surface area contributed by atoms with Crippen LogP contribution in [-0.4, -0.2) is 23.5 Å². The van der Waals surface area contributed by atoms with E-state index in [1.165, 1.54) is 0 Å². The Bertz CT molecular complexity index is 1200. The number of nitrogens with one attached hydrogen (secondary N) is 1. The molecule has 4 aromatic rings.